The van der Waals surface area contributed by atoms with E-state index < -0.39 is 6.04 Å². The van der Waals surface area contributed by atoms with Gasteiger partial charge in [0.15, 0.2) is 6.61 Å². The summed E-state index contributed by atoms with van der Waals surface area (Å²) in [5, 5.41) is 2.89. The first-order chi connectivity index (χ1) is 14.9. The Kier molecular flexibility index (Phi) is 9.34. The van der Waals surface area contributed by atoms with E-state index in [4.69, 9.17) is 4.74 Å². The third-order valence-corrected chi connectivity index (χ3v) is 6.16. The molecule has 1 atom stereocenters. The van der Waals surface area contributed by atoms with Crippen LogP contribution in [0.25, 0.3) is 0 Å². The van der Waals surface area contributed by atoms with Crippen LogP contribution in [0.15, 0.2) is 51.4 Å². The molecule has 174 valence electrons. The Morgan fingerprint density at radius 1 is 1.03 bits per heavy atom. The van der Waals surface area contributed by atoms with Crippen molar-refractivity contribution < 1.29 is 14.3 Å². The van der Waals surface area contributed by atoms with E-state index >= 15 is 0 Å². The lowest BCUT2D eigenvalue weighted by Crippen LogP contribution is -2.50. The quantitative estimate of drug-likeness (QED) is 0.436. The van der Waals surface area contributed by atoms with Crippen molar-refractivity contribution in [2.24, 2.45) is 0 Å². The zero-order chi connectivity index (χ0) is 24.1. The van der Waals surface area contributed by atoms with Crippen molar-refractivity contribution >= 4 is 43.7 Å². The van der Waals surface area contributed by atoms with Gasteiger partial charge in [0.05, 0.1) is 4.47 Å². The second-order valence-electron chi connectivity index (χ2n) is 9.17. The molecule has 0 aliphatic rings. The van der Waals surface area contributed by atoms with Gasteiger partial charge in [0.2, 0.25) is 5.91 Å². The minimum Gasteiger partial charge on any atom is -0.483 e. The van der Waals surface area contributed by atoms with E-state index in [1.54, 1.807) is 11.8 Å². The molecule has 0 radical (unpaired) electrons. The summed E-state index contributed by atoms with van der Waals surface area (Å²) in [6.45, 7) is 12.1. The Labute approximate surface area is 208 Å². The zero-order valence-corrected chi connectivity index (χ0v) is 22.7. The highest BCUT2D eigenvalue weighted by Gasteiger charge is 2.27. The van der Waals surface area contributed by atoms with Gasteiger partial charge in [0.25, 0.3) is 5.91 Å². The highest BCUT2D eigenvalue weighted by Crippen LogP contribution is 2.31. The van der Waals surface area contributed by atoms with Crippen LogP contribution in [0.3, 0.4) is 0 Å². The largest absolute Gasteiger partial charge is 0.483 e. The van der Waals surface area contributed by atoms with Crippen molar-refractivity contribution in [2.75, 3.05) is 6.61 Å². The molecule has 0 aliphatic carbocycles. The maximum Gasteiger partial charge on any atom is 0.261 e. The Hall–Kier alpha value is -1.86. The van der Waals surface area contributed by atoms with Gasteiger partial charge in [-0.1, -0.05) is 54.9 Å². The zero-order valence-electron chi connectivity index (χ0n) is 19.5. The van der Waals surface area contributed by atoms with Gasteiger partial charge in [-0.15, -0.1) is 0 Å². The van der Waals surface area contributed by atoms with Gasteiger partial charge < -0.3 is 15.0 Å². The molecule has 2 aromatic rings. The van der Waals surface area contributed by atoms with Gasteiger partial charge in [0, 0.05) is 17.1 Å². The fourth-order valence-corrected chi connectivity index (χ4v) is 3.84. The van der Waals surface area contributed by atoms with Crippen LogP contribution in [0, 0.1) is 0 Å². The number of nitrogens with one attached hydrogen (secondary N) is 1. The number of hydrogen-bond acceptors (Lipinski definition) is 3. The van der Waals surface area contributed by atoms with Crippen LogP contribution in [0.5, 0.6) is 5.75 Å². The van der Waals surface area contributed by atoms with E-state index in [9.17, 15) is 9.59 Å². The first-order valence-corrected chi connectivity index (χ1v) is 12.2. The minimum absolute atomic E-state index is 0.0110. The number of nitrogens with zero attached hydrogens (tertiary/aromatic N) is 1. The van der Waals surface area contributed by atoms with Gasteiger partial charge in [-0.05, 0) is 77.5 Å². The molecular weight excluding hydrogens is 536 g/mol. The van der Waals surface area contributed by atoms with Crippen LogP contribution >= 0.6 is 31.9 Å². The summed E-state index contributed by atoms with van der Waals surface area (Å²) in [4.78, 5) is 27.4. The molecule has 0 unspecified atom stereocenters. The van der Waals surface area contributed by atoms with E-state index in [0.29, 0.717) is 12.3 Å². The summed E-state index contributed by atoms with van der Waals surface area (Å²) in [6.07, 6.45) is 0. The third-order valence-electron chi connectivity index (χ3n) is 5.01. The minimum atomic E-state index is -0.635. The van der Waals surface area contributed by atoms with Gasteiger partial charge >= 0.3 is 0 Å². The lowest BCUT2D eigenvalue weighted by atomic mass is 9.87. The van der Waals surface area contributed by atoms with E-state index in [1.807, 2.05) is 56.3 Å². The molecule has 2 amide bonds. The second kappa shape index (κ2) is 11.3. The number of carbonyl (C=O) groups excluding carboxylic acids is 2. The smallest absolute Gasteiger partial charge is 0.261 e. The standard InChI is InChI=1S/C25H32Br2N2O3/c1-16(2)28-24(31)17(3)29(14-18-7-10-20(26)11-8-18)23(30)15-32-22-12-9-19(13-21(22)27)25(4,5)6/h7-13,16-17H,14-15H2,1-6H3,(H,28,31)/t17-/m1/s1. The summed E-state index contributed by atoms with van der Waals surface area (Å²) < 4.78 is 7.59. The average Bonchev–Trinajstić information content (AvgIpc) is 2.70. The summed E-state index contributed by atoms with van der Waals surface area (Å²) >= 11 is 6.97. The lowest BCUT2D eigenvalue weighted by Gasteiger charge is -2.29. The lowest BCUT2D eigenvalue weighted by molar-refractivity contribution is -0.142. The third kappa shape index (κ3) is 7.62. The summed E-state index contributed by atoms with van der Waals surface area (Å²) in [5.41, 5.74) is 2.11. The number of carbonyl (C=O) groups is 2. The second-order valence-corrected chi connectivity index (χ2v) is 10.9. The molecule has 2 rings (SSSR count). The predicted octanol–water partition coefficient (Wildman–Crippen LogP) is 5.83. The molecule has 2 aromatic carbocycles. The van der Waals surface area contributed by atoms with Crippen LogP contribution in [0.4, 0.5) is 0 Å². The number of amides is 2. The Bertz CT molecular complexity index is 937. The van der Waals surface area contributed by atoms with Crippen molar-refractivity contribution in [3.63, 3.8) is 0 Å². The van der Waals surface area contributed by atoms with Crippen LogP contribution in [-0.2, 0) is 21.5 Å². The number of ether oxygens (including phenoxy) is 1. The number of rotatable bonds is 8. The van der Waals surface area contributed by atoms with Crippen molar-refractivity contribution in [3.8, 4) is 5.75 Å². The van der Waals surface area contributed by atoms with Gasteiger partial charge in [-0.25, -0.2) is 0 Å². The fraction of sp³-hybridized carbons (Fsp3) is 0.440. The SMILES string of the molecule is CC(C)NC(=O)[C@@H](C)N(Cc1ccc(Br)cc1)C(=O)COc1ccc(C(C)(C)C)cc1Br. The molecule has 5 nitrogen and oxygen atoms in total. The normalized spacial score (nSPS) is 12.4. The molecule has 32 heavy (non-hydrogen) atoms. The molecule has 0 spiro atoms. The van der Waals surface area contributed by atoms with Crippen LogP contribution in [-0.4, -0.2) is 35.4 Å². The highest BCUT2D eigenvalue weighted by atomic mass is 79.9. The van der Waals surface area contributed by atoms with E-state index in [-0.39, 0.29) is 29.9 Å². The van der Waals surface area contributed by atoms with Crippen molar-refractivity contribution in [2.45, 2.75) is 65.6 Å². The summed E-state index contributed by atoms with van der Waals surface area (Å²) in [6, 6.07) is 12.9. The Morgan fingerprint density at radius 2 is 1.66 bits per heavy atom. The van der Waals surface area contributed by atoms with Gasteiger partial charge in [-0.2, -0.15) is 0 Å². The maximum atomic E-state index is 13.2. The molecule has 0 aromatic heterocycles. The molecule has 7 heteroatoms. The monoisotopic (exact) mass is 566 g/mol. The molecule has 0 saturated carbocycles. The molecular formula is C25H32Br2N2O3. The van der Waals surface area contributed by atoms with Crippen molar-refractivity contribution in [3.05, 3.63) is 62.5 Å². The Morgan fingerprint density at radius 3 is 2.19 bits per heavy atom. The molecule has 0 fully saturated rings. The maximum absolute atomic E-state index is 13.2. The van der Waals surface area contributed by atoms with E-state index in [0.717, 1.165) is 14.5 Å². The topological polar surface area (TPSA) is 58.6 Å². The average molecular weight is 568 g/mol. The van der Waals surface area contributed by atoms with Crippen LogP contribution in [0.2, 0.25) is 0 Å². The van der Waals surface area contributed by atoms with Crippen molar-refractivity contribution in [1.82, 2.24) is 10.2 Å². The van der Waals surface area contributed by atoms with Crippen LogP contribution in [0.1, 0.15) is 52.7 Å². The van der Waals surface area contributed by atoms with Crippen LogP contribution < -0.4 is 10.1 Å². The number of hydrogen-bond donors (Lipinski definition) is 1. The molecule has 0 saturated heterocycles. The first kappa shape index (κ1) is 26.4. The Balaban J connectivity index is 2.18. The van der Waals surface area contributed by atoms with Gasteiger partial charge in [0.1, 0.15) is 11.8 Å². The first-order valence-electron chi connectivity index (χ1n) is 10.7. The molecule has 0 bridgehead atoms. The van der Waals surface area contributed by atoms with E-state index in [1.165, 1.54) is 5.56 Å². The number of halogens is 2. The molecule has 0 heterocycles. The van der Waals surface area contributed by atoms with E-state index in [2.05, 4.69) is 57.9 Å². The van der Waals surface area contributed by atoms with Crippen molar-refractivity contribution in [1.29, 1.82) is 0 Å². The fourth-order valence-electron chi connectivity index (χ4n) is 3.08. The molecule has 0 aliphatic heterocycles. The number of benzene rings is 2. The summed E-state index contributed by atoms with van der Waals surface area (Å²) in [7, 11) is 0. The summed E-state index contributed by atoms with van der Waals surface area (Å²) in [5.74, 6) is 0.140. The molecule has 1 N–H and O–H groups in total. The predicted molar refractivity (Wildman–Crippen MR) is 136 cm³/mol. The highest BCUT2D eigenvalue weighted by molar-refractivity contribution is 9.10. The van der Waals surface area contributed by atoms with Gasteiger partial charge in [-0.3, -0.25) is 9.59 Å².